The first-order chi connectivity index (χ1) is 13.4. The Morgan fingerprint density at radius 3 is 2.71 bits per heavy atom. The smallest absolute Gasteiger partial charge is 0.240 e. The van der Waals surface area contributed by atoms with E-state index in [9.17, 15) is 13.2 Å². The van der Waals surface area contributed by atoms with Crippen LogP contribution in [0.4, 0.5) is 0 Å². The second-order valence-electron chi connectivity index (χ2n) is 6.10. The molecule has 0 aliphatic carbocycles. The highest BCUT2D eigenvalue weighted by Crippen LogP contribution is 2.10. The summed E-state index contributed by atoms with van der Waals surface area (Å²) in [5.41, 5.74) is 2.25. The minimum atomic E-state index is -3.63. The van der Waals surface area contributed by atoms with Gasteiger partial charge >= 0.3 is 0 Å². The number of hydrogen-bond acceptors (Lipinski definition) is 6. The lowest BCUT2D eigenvalue weighted by molar-refractivity contribution is -0.121. The molecule has 2 heterocycles. The number of hydrogen-bond donors (Lipinski definition) is 2. The van der Waals surface area contributed by atoms with E-state index in [0.29, 0.717) is 5.69 Å². The van der Waals surface area contributed by atoms with E-state index in [0.717, 1.165) is 11.3 Å². The number of nitrogens with zero attached hydrogens (tertiary/aromatic N) is 4. The highest BCUT2D eigenvalue weighted by Gasteiger charge is 2.14. The zero-order chi connectivity index (χ0) is 20.0. The number of nitrogens with one attached hydrogen (secondary N) is 2. The van der Waals surface area contributed by atoms with Crippen LogP contribution in [0.5, 0.6) is 0 Å². The van der Waals surface area contributed by atoms with E-state index in [1.807, 2.05) is 13.0 Å². The van der Waals surface area contributed by atoms with E-state index in [2.05, 4.69) is 25.3 Å². The Labute approximate surface area is 162 Å². The third kappa shape index (κ3) is 5.21. The highest BCUT2D eigenvalue weighted by molar-refractivity contribution is 7.89. The van der Waals surface area contributed by atoms with Gasteiger partial charge in [0, 0.05) is 25.4 Å². The summed E-state index contributed by atoms with van der Waals surface area (Å²) < 4.78 is 28.4. The van der Waals surface area contributed by atoms with Gasteiger partial charge in [-0.2, -0.15) is 0 Å². The molecule has 0 bridgehead atoms. The first-order valence-corrected chi connectivity index (χ1v) is 10.1. The van der Waals surface area contributed by atoms with E-state index < -0.39 is 10.0 Å². The van der Waals surface area contributed by atoms with Crippen molar-refractivity contribution >= 4 is 15.9 Å². The molecular formula is C18H20N6O3S. The number of carbonyl (C=O) groups excluding carboxylic acids is 1. The molecule has 0 aliphatic rings. The molecule has 2 aromatic heterocycles. The van der Waals surface area contributed by atoms with Crippen LogP contribution in [0.1, 0.15) is 17.7 Å². The molecule has 9 nitrogen and oxygen atoms in total. The Bertz CT molecular complexity index is 1050. The molecule has 0 spiro atoms. The minimum absolute atomic E-state index is 0.00577. The highest BCUT2D eigenvalue weighted by atomic mass is 32.2. The Hall–Kier alpha value is -3.11. The van der Waals surface area contributed by atoms with Gasteiger partial charge < -0.3 is 5.32 Å². The standard InChI is InChI=1S/C18H20N6O3S/c1-14-3-2-4-17(11-14)28(26,27)21-10-7-18(25)20-12-15-13-24(23-22-15)16-5-8-19-9-6-16/h2-6,8-9,11,13,21H,7,10,12H2,1H3,(H,20,25). The van der Waals surface area contributed by atoms with Crippen molar-refractivity contribution < 1.29 is 13.2 Å². The summed E-state index contributed by atoms with van der Waals surface area (Å²) in [5.74, 6) is -0.287. The van der Waals surface area contributed by atoms with Gasteiger partial charge in [0.1, 0.15) is 5.69 Å². The normalized spacial score (nSPS) is 11.3. The summed E-state index contributed by atoms with van der Waals surface area (Å²) in [7, 11) is -3.63. The van der Waals surface area contributed by atoms with Crippen LogP contribution in [-0.4, -0.2) is 40.8 Å². The minimum Gasteiger partial charge on any atom is -0.350 e. The summed E-state index contributed by atoms with van der Waals surface area (Å²) in [6.45, 7) is 2.03. The summed E-state index contributed by atoms with van der Waals surface area (Å²) in [4.78, 5) is 16.1. The van der Waals surface area contributed by atoms with Gasteiger partial charge in [-0.1, -0.05) is 17.3 Å². The van der Waals surface area contributed by atoms with E-state index in [1.165, 1.54) is 6.07 Å². The largest absolute Gasteiger partial charge is 0.350 e. The van der Waals surface area contributed by atoms with Crippen LogP contribution < -0.4 is 10.0 Å². The van der Waals surface area contributed by atoms with E-state index in [1.54, 1.807) is 47.5 Å². The van der Waals surface area contributed by atoms with Gasteiger partial charge in [0.05, 0.1) is 23.3 Å². The number of aromatic nitrogens is 4. The van der Waals surface area contributed by atoms with Gasteiger partial charge in [-0.3, -0.25) is 9.78 Å². The summed E-state index contributed by atoms with van der Waals surface area (Å²) in [5, 5.41) is 10.7. The maximum Gasteiger partial charge on any atom is 0.240 e. The number of carbonyl (C=O) groups is 1. The molecule has 0 unspecified atom stereocenters. The van der Waals surface area contributed by atoms with Gasteiger partial charge in [0.25, 0.3) is 0 Å². The third-order valence-corrected chi connectivity index (χ3v) is 5.34. The van der Waals surface area contributed by atoms with Crippen LogP contribution in [0.15, 0.2) is 59.9 Å². The SMILES string of the molecule is Cc1cccc(S(=O)(=O)NCCC(=O)NCc2cn(-c3ccncc3)nn2)c1. The summed E-state index contributed by atoms with van der Waals surface area (Å²) in [6, 6.07) is 10.2. The molecule has 1 amide bonds. The number of amides is 1. The van der Waals surface area contributed by atoms with Crippen LogP contribution in [-0.2, 0) is 21.4 Å². The fourth-order valence-electron chi connectivity index (χ4n) is 2.44. The second-order valence-corrected chi connectivity index (χ2v) is 7.87. The molecule has 2 N–H and O–H groups in total. The van der Waals surface area contributed by atoms with Crippen LogP contribution in [0.25, 0.3) is 5.69 Å². The van der Waals surface area contributed by atoms with Crippen molar-refractivity contribution in [2.75, 3.05) is 6.54 Å². The molecule has 3 aromatic rings. The first kappa shape index (κ1) is 19.6. The number of benzene rings is 1. The van der Waals surface area contributed by atoms with Crippen molar-refractivity contribution in [1.82, 2.24) is 30.0 Å². The van der Waals surface area contributed by atoms with Crippen LogP contribution in [0, 0.1) is 6.92 Å². The molecule has 0 atom stereocenters. The monoisotopic (exact) mass is 400 g/mol. The number of pyridine rings is 1. The fourth-order valence-corrected chi connectivity index (χ4v) is 3.58. The molecule has 3 rings (SSSR count). The molecule has 0 saturated carbocycles. The predicted octanol–water partition coefficient (Wildman–Crippen LogP) is 0.956. The topological polar surface area (TPSA) is 119 Å². The lowest BCUT2D eigenvalue weighted by atomic mass is 10.2. The molecule has 0 fully saturated rings. The van der Waals surface area contributed by atoms with E-state index >= 15 is 0 Å². The van der Waals surface area contributed by atoms with Crippen molar-refractivity contribution in [3.63, 3.8) is 0 Å². The molecule has 146 valence electrons. The molecule has 28 heavy (non-hydrogen) atoms. The van der Waals surface area contributed by atoms with Crippen molar-refractivity contribution in [3.8, 4) is 5.69 Å². The Kier molecular flexibility index (Phi) is 6.12. The maximum absolute atomic E-state index is 12.2. The zero-order valence-corrected chi connectivity index (χ0v) is 16.1. The Morgan fingerprint density at radius 2 is 1.96 bits per heavy atom. The number of sulfonamides is 1. The van der Waals surface area contributed by atoms with Crippen molar-refractivity contribution in [1.29, 1.82) is 0 Å². The van der Waals surface area contributed by atoms with Gasteiger partial charge in [0.2, 0.25) is 15.9 Å². The number of rotatable bonds is 8. The number of aryl methyl sites for hydroxylation is 1. The lowest BCUT2D eigenvalue weighted by Crippen LogP contribution is -2.30. The average Bonchev–Trinajstić information content (AvgIpc) is 3.16. The average molecular weight is 400 g/mol. The second kappa shape index (κ2) is 8.72. The molecule has 10 heteroatoms. The van der Waals surface area contributed by atoms with E-state index in [4.69, 9.17) is 0 Å². The maximum atomic E-state index is 12.2. The molecule has 0 aliphatic heterocycles. The Balaban J connectivity index is 1.46. The Morgan fingerprint density at radius 1 is 1.18 bits per heavy atom. The molecule has 0 radical (unpaired) electrons. The third-order valence-electron chi connectivity index (χ3n) is 3.88. The van der Waals surface area contributed by atoms with Crippen molar-refractivity contribution in [3.05, 3.63) is 66.2 Å². The van der Waals surface area contributed by atoms with Crippen LogP contribution in [0.2, 0.25) is 0 Å². The van der Waals surface area contributed by atoms with Gasteiger partial charge in [0.15, 0.2) is 0 Å². The van der Waals surface area contributed by atoms with Gasteiger partial charge in [-0.15, -0.1) is 5.10 Å². The lowest BCUT2D eigenvalue weighted by Gasteiger charge is -2.07. The van der Waals surface area contributed by atoms with Gasteiger partial charge in [-0.05, 0) is 36.8 Å². The zero-order valence-electron chi connectivity index (χ0n) is 15.2. The summed E-state index contributed by atoms with van der Waals surface area (Å²) in [6.07, 6.45) is 5.02. The first-order valence-electron chi connectivity index (χ1n) is 8.59. The predicted molar refractivity (Wildman–Crippen MR) is 102 cm³/mol. The summed E-state index contributed by atoms with van der Waals surface area (Å²) >= 11 is 0. The van der Waals surface area contributed by atoms with Crippen LogP contribution >= 0.6 is 0 Å². The molecular weight excluding hydrogens is 380 g/mol. The van der Waals surface area contributed by atoms with Gasteiger partial charge in [-0.25, -0.2) is 17.8 Å². The quantitative estimate of drug-likeness (QED) is 0.581. The molecule has 1 aromatic carbocycles. The van der Waals surface area contributed by atoms with Crippen LogP contribution in [0.3, 0.4) is 0 Å². The fraction of sp³-hybridized carbons (Fsp3) is 0.222. The van der Waals surface area contributed by atoms with Crippen molar-refractivity contribution in [2.24, 2.45) is 0 Å². The van der Waals surface area contributed by atoms with Crippen molar-refractivity contribution in [2.45, 2.75) is 24.8 Å². The molecule has 0 saturated heterocycles. The van der Waals surface area contributed by atoms with E-state index in [-0.39, 0.29) is 30.3 Å².